The maximum atomic E-state index is 13.0. The summed E-state index contributed by atoms with van der Waals surface area (Å²) in [7, 11) is 0. The zero-order chi connectivity index (χ0) is 19.4. The van der Waals surface area contributed by atoms with Crippen molar-refractivity contribution in [1.82, 2.24) is 4.98 Å². The molecule has 0 bridgehead atoms. The van der Waals surface area contributed by atoms with Gasteiger partial charge in [-0.3, -0.25) is 4.79 Å². The molecule has 0 aliphatic rings. The van der Waals surface area contributed by atoms with Crippen molar-refractivity contribution < 1.29 is 9.18 Å². The van der Waals surface area contributed by atoms with Crippen molar-refractivity contribution in [2.45, 2.75) is 27.3 Å². The number of aryl methyl sites for hydroxylation is 1. The van der Waals surface area contributed by atoms with Gasteiger partial charge in [-0.15, -0.1) is 11.3 Å². The summed E-state index contributed by atoms with van der Waals surface area (Å²) < 4.78 is 13.0. The number of amides is 1. The molecule has 0 spiro atoms. The molecule has 6 heteroatoms. The number of thiazole rings is 1. The zero-order valence-corrected chi connectivity index (χ0v) is 16.4. The van der Waals surface area contributed by atoms with Crippen LogP contribution >= 0.6 is 11.3 Å². The lowest BCUT2D eigenvalue weighted by atomic mass is 10.1. The standard InChI is InChI=1S/C21H22FN3OS/c1-13(2)20(26)24-18-10-6-16(7-11-18)19-14(3)27-21(25-19)23-12-15-4-8-17(22)9-5-15/h4-11,13H,12H2,1-3H3,(H,23,25)(H,24,26). The fraction of sp³-hybridized carbons (Fsp3) is 0.238. The molecule has 2 N–H and O–H groups in total. The maximum Gasteiger partial charge on any atom is 0.226 e. The van der Waals surface area contributed by atoms with Crippen LogP contribution in [0, 0.1) is 18.7 Å². The number of carbonyl (C=O) groups is 1. The summed E-state index contributed by atoms with van der Waals surface area (Å²) in [5.74, 6) is -0.292. The molecule has 2 aromatic carbocycles. The second kappa shape index (κ2) is 8.31. The smallest absolute Gasteiger partial charge is 0.226 e. The maximum absolute atomic E-state index is 13.0. The van der Waals surface area contributed by atoms with E-state index < -0.39 is 0 Å². The molecule has 3 rings (SSSR count). The van der Waals surface area contributed by atoms with Gasteiger partial charge in [0.2, 0.25) is 5.91 Å². The van der Waals surface area contributed by atoms with E-state index in [1.807, 2.05) is 45.0 Å². The molecule has 27 heavy (non-hydrogen) atoms. The largest absolute Gasteiger partial charge is 0.357 e. The highest BCUT2D eigenvalue weighted by molar-refractivity contribution is 7.16. The van der Waals surface area contributed by atoms with Crippen molar-refractivity contribution >= 4 is 28.1 Å². The fourth-order valence-corrected chi connectivity index (χ4v) is 3.35. The molecule has 0 fully saturated rings. The number of carbonyl (C=O) groups excluding carboxylic acids is 1. The van der Waals surface area contributed by atoms with E-state index in [1.54, 1.807) is 23.5 Å². The third kappa shape index (κ3) is 4.92. The zero-order valence-electron chi connectivity index (χ0n) is 15.5. The van der Waals surface area contributed by atoms with Gasteiger partial charge in [-0.2, -0.15) is 0 Å². The Hall–Kier alpha value is -2.73. The Labute approximate surface area is 162 Å². The van der Waals surface area contributed by atoms with Crippen LogP contribution < -0.4 is 10.6 Å². The van der Waals surface area contributed by atoms with Gasteiger partial charge in [-0.25, -0.2) is 9.37 Å². The van der Waals surface area contributed by atoms with Gasteiger partial charge in [0.05, 0.1) is 5.69 Å². The lowest BCUT2D eigenvalue weighted by Crippen LogP contribution is -2.17. The second-order valence-electron chi connectivity index (χ2n) is 6.63. The first-order valence-corrected chi connectivity index (χ1v) is 9.61. The quantitative estimate of drug-likeness (QED) is 0.594. The predicted molar refractivity (Wildman–Crippen MR) is 109 cm³/mol. The molecule has 0 radical (unpaired) electrons. The Morgan fingerprint density at radius 2 is 1.78 bits per heavy atom. The van der Waals surface area contributed by atoms with Gasteiger partial charge in [0.25, 0.3) is 0 Å². The summed E-state index contributed by atoms with van der Waals surface area (Å²) in [4.78, 5) is 17.6. The molecule has 0 aliphatic heterocycles. The topological polar surface area (TPSA) is 54.0 Å². The minimum absolute atomic E-state index is 0.000122. The van der Waals surface area contributed by atoms with Crippen LogP contribution in [-0.4, -0.2) is 10.9 Å². The monoisotopic (exact) mass is 383 g/mol. The number of hydrogen-bond donors (Lipinski definition) is 2. The predicted octanol–water partition coefficient (Wildman–Crippen LogP) is 5.46. The summed E-state index contributed by atoms with van der Waals surface area (Å²) in [6, 6.07) is 14.1. The van der Waals surface area contributed by atoms with Crippen LogP contribution in [0.1, 0.15) is 24.3 Å². The fourth-order valence-electron chi connectivity index (χ4n) is 2.52. The van der Waals surface area contributed by atoms with Gasteiger partial charge in [0.15, 0.2) is 5.13 Å². The van der Waals surface area contributed by atoms with Crippen LogP contribution in [0.15, 0.2) is 48.5 Å². The Morgan fingerprint density at radius 3 is 2.41 bits per heavy atom. The summed E-state index contributed by atoms with van der Waals surface area (Å²) in [6.45, 7) is 6.35. The molecule has 140 valence electrons. The lowest BCUT2D eigenvalue weighted by molar-refractivity contribution is -0.118. The molecular formula is C21H22FN3OS. The molecule has 3 aromatic rings. The number of hydrogen-bond acceptors (Lipinski definition) is 4. The van der Waals surface area contributed by atoms with Crippen LogP contribution in [0.5, 0.6) is 0 Å². The molecule has 1 heterocycles. The Morgan fingerprint density at radius 1 is 1.11 bits per heavy atom. The summed E-state index contributed by atoms with van der Waals surface area (Å²) in [6.07, 6.45) is 0. The lowest BCUT2D eigenvalue weighted by Gasteiger charge is -2.08. The van der Waals surface area contributed by atoms with Crippen molar-refractivity contribution in [3.05, 3.63) is 64.8 Å². The van der Waals surface area contributed by atoms with Crippen molar-refractivity contribution in [3.8, 4) is 11.3 Å². The van der Waals surface area contributed by atoms with Gasteiger partial charge in [0.1, 0.15) is 5.82 Å². The highest BCUT2D eigenvalue weighted by Gasteiger charge is 2.11. The van der Waals surface area contributed by atoms with E-state index >= 15 is 0 Å². The SMILES string of the molecule is Cc1sc(NCc2ccc(F)cc2)nc1-c1ccc(NC(=O)C(C)C)cc1. The van der Waals surface area contributed by atoms with E-state index in [9.17, 15) is 9.18 Å². The highest BCUT2D eigenvalue weighted by atomic mass is 32.1. The van der Waals surface area contributed by atoms with Gasteiger partial charge >= 0.3 is 0 Å². The molecular weight excluding hydrogens is 361 g/mol. The molecule has 0 unspecified atom stereocenters. The molecule has 0 saturated carbocycles. The van der Waals surface area contributed by atoms with Gasteiger partial charge in [0, 0.05) is 28.6 Å². The van der Waals surface area contributed by atoms with Crippen LogP contribution in [0.2, 0.25) is 0 Å². The van der Waals surface area contributed by atoms with Crippen molar-refractivity contribution in [1.29, 1.82) is 0 Å². The van der Waals surface area contributed by atoms with E-state index in [0.717, 1.165) is 32.5 Å². The second-order valence-corrected chi connectivity index (χ2v) is 7.83. The number of rotatable bonds is 6. The molecule has 0 aliphatic carbocycles. The summed E-state index contributed by atoms with van der Waals surface area (Å²) in [5.41, 5.74) is 3.69. The number of halogens is 1. The Balaban J connectivity index is 1.68. The molecule has 1 aromatic heterocycles. The van der Waals surface area contributed by atoms with E-state index in [-0.39, 0.29) is 17.6 Å². The first-order chi connectivity index (χ1) is 12.9. The van der Waals surface area contributed by atoms with Gasteiger partial charge < -0.3 is 10.6 Å². The summed E-state index contributed by atoms with van der Waals surface area (Å²) >= 11 is 1.58. The molecule has 0 saturated heterocycles. The van der Waals surface area contributed by atoms with Gasteiger partial charge in [-0.05, 0) is 36.8 Å². The number of nitrogens with zero attached hydrogens (tertiary/aromatic N) is 1. The van der Waals surface area contributed by atoms with E-state index in [1.165, 1.54) is 12.1 Å². The minimum Gasteiger partial charge on any atom is -0.357 e. The van der Waals surface area contributed by atoms with E-state index in [0.29, 0.717) is 6.54 Å². The van der Waals surface area contributed by atoms with Crippen LogP contribution in [-0.2, 0) is 11.3 Å². The third-order valence-electron chi connectivity index (χ3n) is 4.10. The van der Waals surface area contributed by atoms with E-state index in [4.69, 9.17) is 0 Å². The number of anilines is 2. The first-order valence-electron chi connectivity index (χ1n) is 8.79. The van der Waals surface area contributed by atoms with Crippen LogP contribution in [0.4, 0.5) is 15.2 Å². The Bertz CT molecular complexity index is 918. The summed E-state index contributed by atoms with van der Waals surface area (Å²) in [5, 5.41) is 7.00. The first kappa shape index (κ1) is 19.0. The molecule has 1 amide bonds. The number of benzene rings is 2. The van der Waals surface area contributed by atoms with Crippen molar-refractivity contribution in [3.63, 3.8) is 0 Å². The Kier molecular flexibility index (Phi) is 5.86. The normalized spacial score (nSPS) is 10.9. The van der Waals surface area contributed by atoms with E-state index in [2.05, 4.69) is 15.6 Å². The van der Waals surface area contributed by atoms with Crippen molar-refractivity contribution in [2.24, 2.45) is 5.92 Å². The minimum atomic E-state index is -0.237. The highest BCUT2D eigenvalue weighted by Crippen LogP contribution is 2.31. The van der Waals surface area contributed by atoms with Crippen LogP contribution in [0.3, 0.4) is 0 Å². The number of nitrogens with one attached hydrogen (secondary N) is 2. The number of aromatic nitrogens is 1. The van der Waals surface area contributed by atoms with Crippen molar-refractivity contribution in [2.75, 3.05) is 10.6 Å². The third-order valence-corrected chi connectivity index (χ3v) is 5.03. The van der Waals surface area contributed by atoms with Gasteiger partial charge in [-0.1, -0.05) is 38.1 Å². The van der Waals surface area contributed by atoms with Crippen LogP contribution in [0.25, 0.3) is 11.3 Å². The average molecular weight is 383 g/mol. The average Bonchev–Trinajstić information content (AvgIpc) is 3.02. The molecule has 0 atom stereocenters. The molecule has 4 nitrogen and oxygen atoms in total.